The lowest BCUT2D eigenvalue weighted by Gasteiger charge is -2.31. The van der Waals surface area contributed by atoms with E-state index >= 15 is 0 Å². The van der Waals surface area contributed by atoms with Crippen molar-refractivity contribution >= 4 is 23.6 Å². The van der Waals surface area contributed by atoms with Gasteiger partial charge in [0.05, 0.1) is 5.75 Å². The van der Waals surface area contributed by atoms with Crippen molar-refractivity contribution in [1.82, 2.24) is 10.2 Å². The van der Waals surface area contributed by atoms with Crippen LogP contribution in [0.1, 0.15) is 44.6 Å². The monoisotopic (exact) mass is 428 g/mol. The van der Waals surface area contributed by atoms with Crippen molar-refractivity contribution in [3.8, 4) is 0 Å². The molecular formula is C24H29FN2O2S. The van der Waals surface area contributed by atoms with Crippen LogP contribution in [0, 0.1) is 5.82 Å². The summed E-state index contributed by atoms with van der Waals surface area (Å²) in [6.07, 6.45) is 4.79. The zero-order valence-electron chi connectivity index (χ0n) is 17.4. The summed E-state index contributed by atoms with van der Waals surface area (Å²) in [4.78, 5) is 28.9. The average Bonchev–Trinajstić information content (AvgIpc) is 3.27. The fourth-order valence-corrected chi connectivity index (χ4v) is 4.62. The summed E-state index contributed by atoms with van der Waals surface area (Å²) < 4.78 is 13.3. The molecule has 1 unspecified atom stereocenters. The van der Waals surface area contributed by atoms with E-state index in [1.54, 1.807) is 17.0 Å². The maximum Gasteiger partial charge on any atom is 0.243 e. The molecule has 160 valence electrons. The van der Waals surface area contributed by atoms with Gasteiger partial charge in [-0.3, -0.25) is 9.59 Å². The summed E-state index contributed by atoms with van der Waals surface area (Å²) in [5, 5.41) is 3.13. The first-order valence-corrected chi connectivity index (χ1v) is 11.6. The number of amides is 2. The predicted molar refractivity (Wildman–Crippen MR) is 119 cm³/mol. The van der Waals surface area contributed by atoms with Crippen LogP contribution in [-0.4, -0.2) is 34.6 Å². The number of benzene rings is 2. The second-order valence-corrected chi connectivity index (χ2v) is 8.71. The highest BCUT2D eigenvalue weighted by molar-refractivity contribution is 8.00. The van der Waals surface area contributed by atoms with Gasteiger partial charge in [-0.15, -0.1) is 11.8 Å². The van der Waals surface area contributed by atoms with Crippen LogP contribution in [0.3, 0.4) is 0 Å². The molecule has 2 amide bonds. The Kier molecular flexibility index (Phi) is 8.31. The first-order chi connectivity index (χ1) is 14.6. The van der Waals surface area contributed by atoms with Gasteiger partial charge in [-0.05, 0) is 49.1 Å². The van der Waals surface area contributed by atoms with Gasteiger partial charge in [-0.25, -0.2) is 4.39 Å². The van der Waals surface area contributed by atoms with Crippen LogP contribution >= 0.6 is 11.8 Å². The van der Waals surface area contributed by atoms with Crippen LogP contribution < -0.4 is 5.32 Å². The van der Waals surface area contributed by atoms with Gasteiger partial charge in [0.1, 0.15) is 11.9 Å². The maximum atomic E-state index is 13.3. The molecule has 3 rings (SSSR count). The van der Waals surface area contributed by atoms with Crippen molar-refractivity contribution in [2.45, 2.75) is 62.6 Å². The minimum atomic E-state index is -0.542. The Morgan fingerprint density at radius 3 is 2.40 bits per heavy atom. The zero-order chi connectivity index (χ0) is 21.3. The first-order valence-electron chi connectivity index (χ1n) is 10.6. The molecule has 1 fully saturated rings. The molecule has 1 atom stereocenters. The Hall–Kier alpha value is -2.34. The Bertz CT molecular complexity index is 823. The Balaban J connectivity index is 1.74. The summed E-state index contributed by atoms with van der Waals surface area (Å²) in [7, 11) is 0. The van der Waals surface area contributed by atoms with Gasteiger partial charge in [0.2, 0.25) is 11.8 Å². The highest BCUT2D eigenvalue weighted by Gasteiger charge is 2.30. The summed E-state index contributed by atoms with van der Waals surface area (Å²) in [6.45, 7) is 2.21. The van der Waals surface area contributed by atoms with Gasteiger partial charge in [0.25, 0.3) is 0 Å². The van der Waals surface area contributed by atoms with Gasteiger partial charge in [0, 0.05) is 17.5 Å². The van der Waals surface area contributed by atoms with Gasteiger partial charge in [-0.2, -0.15) is 0 Å². The Morgan fingerprint density at radius 1 is 1.10 bits per heavy atom. The van der Waals surface area contributed by atoms with E-state index in [1.165, 1.54) is 23.9 Å². The third kappa shape index (κ3) is 6.33. The number of hydrogen-bond donors (Lipinski definition) is 1. The smallest absolute Gasteiger partial charge is 0.243 e. The van der Waals surface area contributed by atoms with Crippen LogP contribution in [0.2, 0.25) is 0 Å². The van der Waals surface area contributed by atoms with E-state index in [0.717, 1.165) is 36.1 Å². The number of carbonyl (C=O) groups excluding carboxylic acids is 2. The standard InChI is InChI=1S/C24H29FN2O2S/c1-2-22(24(29)26-20-8-6-7-9-20)27(16-18-12-14-19(25)15-13-18)23(28)17-30-21-10-4-3-5-11-21/h3-5,10-15,20,22H,2,6-9,16-17H2,1H3,(H,26,29). The van der Waals surface area contributed by atoms with Crippen molar-refractivity contribution in [3.05, 3.63) is 66.0 Å². The molecule has 1 saturated carbocycles. The predicted octanol–water partition coefficient (Wildman–Crippen LogP) is 4.78. The molecular weight excluding hydrogens is 399 g/mol. The molecule has 30 heavy (non-hydrogen) atoms. The number of nitrogens with one attached hydrogen (secondary N) is 1. The molecule has 2 aromatic rings. The third-order valence-corrected chi connectivity index (χ3v) is 6.46. The van der Waals surface area contributed by atoms with E-state index in [9.17, 15) is 14.0 Å². The van der Waals surface area contributed by atoms with E-state index in [0.29, 0.717) is 6.42 Å². The summed E-state index contributed by atoms with van der Waals surface area (Å²) in [5.41, 5.74) is 0.807. The molecule has 1 aliphatic rings. The Labute approximate surface area is 182 Å². The molecule has 1 N–H and O–H groups in total. The molecule has 0 spiro atoms. The Morgan fingerprint density at radius 2 is 1.77 bits per heavy atom. The van der Waals surface area contributed by atoms with Crippen molar-refractivity contribution in [1.29, 1.82) is 0 Å². The summed E-state index contributed by atoms with van der Waals surface area (Å²) in [5.74, 6) is -0.258. The quantitative estimate of drug-likeness (QED) is 0.585. The molecule has 1 aliphatic carbocycles. The zero-order valence-corrected chi connectivity index (χ0v) is 18.2. The lowest BCUT2D eigenvalue weighted by molar-refractivity contribution is -0.139. The number of hydrogen-bond acceptors (Lipinski definition) is 3. The van der Waals surface area contributed by atoms with E-state index < -0.39 is 6.04 Å². The van der Waals surface area contributed by atoms with E-state index in [4.69, 9.17) is 0 Å². The van der Waals surface area contributed by atoms with Gasteiger partial charge >= 0.3 is 0 Å². The van der Waals surface area contributed by atoms with Crippen molar-refractivity contribution in [2.75, 3.05) is 5.75 Å². The average molecular weight is 429 g/mol. The molecule has 0 saturated heterocycles. The highest BCUT2D eigenvalue weighted by Crippen LogP contribution is 2.22. The van der Waals surface area contributed by atoms with Crippen LogP contribution in [0.25, 0.3) is 0 Å². The fourth-order valence-electron chi connectivity index (χ4n) is 3.82. The van der Waals surface area contributed by atoms with E-state index in [-0.39, 0.29) is 36.0 Å². The molecule has 0 aromatic heterocycles. The SMILES string of the molecule is CCC(C(=O)NC1CCCC1)N(Cc1ccc(F)cc1)C(=O)CSc1ccccc1. The van der Waals surface area contributed by atoms with Crippen molar-refractivity contribution in [3.63, 3.8) is 0 Å². The number of thioether (sulfide) groups is 1. The van der Waals surface area contributed by atoms with Gasteiger partial charge in [-0.1, -0.05) is 50.1 Å². The lowest BCUT2D eigenvalue weighted by Crippen LogP contribution is -2.51. The minimum absolute atomic E-state index is 0.0930. The summed E-state index contributed by atoms with van der Waals surface area (Å²) >= 11 is 1.46. The van der Waals surface area contributed by atoms with Crippen LogP contribution in [0.5, 0.6) is 0 Å². The number of nitrogens with zero attached hydrogens (tertiary/aromatic N) is 1. The van der Waals surface area contributed by atoms with Crippen LogP contribution in [-0.2, 0) is 16.1 Å². The minimum Gasteiger partial charge on any atom is -0.352 e. The molecule has 4 nitrogen and oxygen atoms in total. The molecule has 0 radical (unpaired) electrons. The van der Waals surface area contributed by atoms with Gasteiger partial charge < -0.3 is 10.2 Å². The van der Waals surface area contributed by atoms with Crippen molar-refractivity contribution in [2.24, 2.45) is 0 Å². The topological polar surface area (TPSA) is 49.4 Å². The highest BCUT2D eigenvalue weighted by atomic mass is 32.2. The normalized spacial score (nSPS) is 15.0. The number of carbonyl (C=O) groups is 2. The third-order valence-electron chi connectivity index (χ3n) is 5.46. The second kappa shape index (κ2) is 11.2. The molecule has 0 bridgehead atoms. The number of rotatable bonds is 9. The van der Waals surface area contributed by atoms with Crippen molar-refractivity contribution < 1.29 is 14.0 Å². The fraction of sp³-hybridized carbons (Fsp3) is 0.417. The van der Waals surface area contributed by atoms with Gasteiger partial charge in [0.15, 0.2) is 0 Å². The van der Waals surface area contributed by atoms with Crippen LogP contribution in [0.4, 0.5) is 4.39 Å². The number of halogens is 1. The largest absolute Gasteiger partial charge is 0.352 e. The molecule has 6 heteroatoms. The summed E-state index contributed by atoms with van der Waals surface area (Å²) in [6, 6.07) is 15.5. The molecule has 0 aliphatic heterocycles. The first kappa shape index (κ1) is 22.3. The second-order valence-electron chi connectivity index (χ2n) is 7.66. The lowest BCUT2D eigenvalue weighted by atomic mass is 10.1. The maximum absolute atomic E-state index is 13.3. The van der Waals surface area contributed by atoms with E-state index in [2.05, 4.69) is 5.32 Å². The van der Waals surface area contributed by atoms with E-state index in [1.807, 2.05) is 37.3 Å². The van der Waals surface area contributed by atoms with Crippen LogP contribution in [0.15, 0.2) is 59.5 Å². The molecule has 0 heterocycles. The molecule has 2 aromatic carbocycles.